The van der Waals surface area contributed by atoms with E-state index in [-0.39, 0.29) is 0 Å². The van der Waals surface area contributed by atoms with Crippen LogP contribution in [0.25, 0.3) is 10.8 Å². The summed E-state index contributed by atoms with van der Waals surface area (Å²) in [5.41, 5.74) is 0. The Morgan fingerprint density at radius 1 is 0.667 bits per heavy atom. The number of rotatable bonds is 0. The number of halogens is 2. The molecule has 0 fully saturated rings. The van der Waals surface area contributed by atoms with Gasteiger partial charge in [-0.1, -0.05) is 12.1 Å². The second-order valence-corrected chi connectivity index (χ2v) is 5.13. The maximum absolute atomic E-state index is 2.34. The van der Waals surface area contributed by atoms with E-state index >= 15 is 0 Å². The summed E-state index contributed by atoms with van der Waals surface area (Å²) in [4.78, 5) is 0. The molecule has 0 nitrogen and oxygen atoms in total. The smallest absolute Gasteiger partial charge is 0.0136 e. The molecule has 0 radical (unpaired) electrons. The first kappa shape index (κ1) is 8.74. The van der Waals surface area contributed by atoms with E-state index in [0.29, 0.717) is 0 Å². The van der Waals surface area contributed by atoms with Crippen LogP contribution in [0.2, 0.25) is 0 Å². The van der Waals surface area contributed by atoms with Crippen LogP contribution in [0.5, 0.6) is 0 Å². The van der Waals surface area contributed by atoms with Gasteiger partial charge in [-0.15, -0.1) is 0 Å². The molecule has 0 aliphatic rings. The monoisotopic (exact) mass is 380 g/mol. The van der Waals surface area contributed by atoms with E-state index in [4.69, 9.17) is 0 Å². The molecule has 0 aromatic heterocycles. The molecule has 2 heteroatoms. The molecule has 2 aromatic rings. The first-order chi connectivity index (χ1) is 5.75. The molecule has 0 amide bonds. The Bertz CT molecular complexity index is 384. The summed E-state index contributed by atoms with van der Waals surface area (Å²) in [6, 6.07) is 13.0. The van der Waals surface area contributed by atoms with Gasteiger partial charge in [0.2, 0.25) is 0 Å². The molecule has 0 unspecified atom stereocenters. The van der Waals surface area contributed by atoms with Crippen molar-refractivity contribution < 1.29 is 0 Å². The second kappa shape index (κ2) is 3.49. The molecule has 0 saturated carbocycles. The molecule has 60 valence electrons. The summed E-state index contributed by atoms with van der Waals surface area (Å²) in [6.45, 7) is 0. The lowest BCUT2D eigenvalue weighted by Gasteiger charge is -1.98. The Morgan fingerprint density at radius 3 is 1.67 bits per heavy atom. The molecule has 2 rings (SSSR count). The van der Waals surface area contributed by atoms with Gasteiger partial charge in [0.15, 0.2) is 0 Å². The normalized spacial score (nSPS) is 10.5. The number of hydrogen-bond donors (Lipinski definition) is 0. The van der Waals surface area contributed by atoms with Crippen LogP contribution in [0.1, 0.15) is 0 Å². The van der Waals surface area contributed by atoms with E-state index in [1.807, 2.05) is 0 Å². The third kappa shape index (κ3) is 1.74. The average molecular weight is 380 g/mol. The fraction of sp³-hybridized carbons (Fsp3) is 0. The fourth-order valence-electron chi connectivity index (χ4n) is 1.19. The highest BCUT2D eigenvalue weighted by atomic mass is 127. The number of hydrogen-bond acceptors (Lipinski definition) is 0. The van der Waals surface area contributed by atoms with Crippen LogP contribution in [-0.2, 0) is 0 Å². The summed E-state index contributed by atoms with van der Waals surface area (Å²) in [5, 5.41) is 2.64. The van der Waals surface area contributed by atoms with Gasteiger partial charge in [-0.25, -0.2) is 0 Å². The van der Waals surface area contributed by atoms with Gasteiger partial charge in [-0.3, -0.25) is 0 Å². The Balaban J connectivity index is 2.80. The lowest BCUT2D eigenvalue weighted by Crippen LogP contribution is -1.76. The molecule has 0 spiro atoms. The van der Waals surface area contributed by atoms with Crippen molar-refractivity contribution in [2.45, 2.75) is 0 Å². The minimum atomic E-state index is 1.29. The molecule has 0 N–H and O–H groups in total. The summed E-state index contributed by atoms with van der Waals surface area (Å²) < 4.78 is 2.59. The van der Waals surface area contributed by atoms with Crippen LogP contribution in [0.4, 0.5) is 0 Å². The van der Waals surface area contributed by atoms with Crippen molar-refractivity contribution in [3.8, 4) is 0 Å². The Hall–Kier alpha value is 0.160. The molecular weight excluding hydrogens is 374 g/mol. The van der Waals surface area contributed by atoms with Crippen LogP contribution >= 0.6 is 45.2 Å². The summed E-state index contributed by atoms with van der Waals surface area (Å²) in [7, 11) is 0. The zero-order chi connectivity index (χ0) is 8.55. The third-order valence-corrected chi connectivity index (χ3v) is 3.11. The van der Waals surface area contributed by atoms with E-state index in [2.05, 4.69) is 81.6 Å². The summed E-state index contributed by atoms with van der Waals surface area (Å²) >= 11 is 4.67. The number of benzene rings is 2. The third-order valence-electron chi connectivity index (χ3n) is 1.76. The van der Waals surface area contributed by atoms with Gasteiger partial charge >= 0.3 is 0 Å². The van der Waals surface area contributed by atoms with Crippen LogP contribution in [0.3, 0.4) is 0 Å². The largest absolute Gasteiger partial charge is 0.0533 e. The molecule has 0 saturated heterocycles. The van der Waals surface area contributed by atoms with Gasteiger partial charge < -0.3 is 0 Å². The van der Waals surface area contributed by atoms with Crippen LogP contribution < -0.4 is 0 Å². The average Bonchev–Trinajstić information content (AvgIpc) is 2.03. The maximum Gasteiger partial charge on any atom is 0.0136 e. The van der Waals surface area contributed by atoms with Gasteiger partial charge in [0.1, 0.15) is 0 Å². The minimum Gasteiger partial charge on any atom is -0.0533 e. The second-order valence-electron chi connectivity index (χ2n) is 2.64. The topological polar surface area (TPSA) is 0 Å². The number of fused-ring (bicyclic) bond motifs is 1. The zero-order valence-corrected chi connectivity index (χ0v) is 10.5. The van der Waals surface area contributed by atoms with Gasteiger partial charge in [-0.2, -0.15) is 0 Å². The lowest BCUT2D eigenvalue weighted by atomic mass is 10.1. The van der Waals surface area contributed by atoms with E-state index in [0.717, 1.165) is 0 Å². The zero-order valence-electron chi connectivity index (χ0n) is 6.22. The van der Waals surface area contributed by atoms with Crippen LogP contribution in [-0.4, -0.2) is 0 Å². The van der Waals surface area contributed by atoms with E-state index in [1.165, 1.54) is 17.9 Å². The maximum atomic E-state index is 2.34. The highest BCUT2D eigenvalue weighted by molar-refractivity contribution is 14.1. The molecule has 0 bridgehead atoms. The molecule has 12 heavy (non-hydrogen) atoms. The highest BCUT2D eigenvalue weighted by Crippen LogP contribution is 2.19. The molecule has 0 heterocycles. The van der Waals surface area contributed by atoms with Crippen molar-refractivity contribution in [1.82, 2.24) is 0 Å². The molecule has 0 aliphatic carbocycles. The lowest BCUT2D eigenvalue weighted by molar-refractivity contribution is 1.67. The molecule has 0 aliphatic heterocycles. The van der Waals surface area contributed by atoms with Crippen molar-refractivity contribution in [2.24, 2.45) is 0 Å². The van der Waals surface area contributed by atoms with E-state index in [1.54, 1.807) is 0 Å². The predicted octanol–water partition coefficient (Wildman–Crippen LogP) is 4.05. The fourth-order valence-corrected chi connectivity index (χ4v) is 2.22. The first-order valence-corrected chi connectivity index (χ1v) is 5.76. The van der Waals surface area contributed by atoms with Crippen molar-refractivity contribution in [3.05, 3.63) is 43.5 Å². The Kier molecular flexibility index (Phi) is 2.55. The van der Waals surface area contributed by atoms with Crippen LogP contribution in [0, 0.1) is 7.14 Å². The predicted molar refractivity (Wildman–Crippen MR) is 69.4 cm³/mol. The van der Waals surface area contributed by atoms with Crippen LogP contribution in [0.15, 0.2) is 36.4 Å². The van der Waals surface area contributed by atoms with E-state index < -0.39 is 0 Å². The molecule has 2 aromatic carbocycles. The molecule has 0 atom stereocenters. The standard InChI is InChI=1S/C10H6I2/c11-9-3-1-7-2-4-10(12)6-8(7)5-9/h1-6H. The van der Waals surface area contributed by atoms with Gasteiger partial charge in [0.05, 0.1) is 0 Å². The summed E-state index contributed by atoms with van der Waals surface area (Å²) in [5.74, 6) is 0. The van der Waals surface area contributed by atoms with Gasteiger partial charge in [0, 0.05) is 7.14 Å². The van der Waals surface area contributed by atoms with E-state index in [9.17, 15) is 0 Å². The minimum absolute atomic E-state index is 1.29. The quantitative estimate of drug-likeness (QED) is 0.606. The van der Waals surface area contributed by atoms with Crippen molar-refractivity contribution >= 4 is 56.0 Å². The summed E-state index contributed by atoms with van der Waals surface area (Å²) in [6.07, 6.45) is 0. The first-order valence-electron chi connectivity index (χ1n) is 3.60. The van der Waals surface area contributed by atoms with Gasteiger partial charge in [0.25, 0.3) is 0 Å². The molecular formula is C10H6I2. The Labute approximate surface area is 98.6 Å². The van der Waals surface area contributed by atoms with Crippen molar-refractivity contribution in [1.29, 1.82) is 0 Å². The van der Waals surface area contributed by atoms with Crippen molar-refractivity contribution in [3.63, 3.8) is 0 Å². The SMILES string of the molecule is Ic1ccc2ccc(I)cc2c1. The van der Waals surface area contributed by atoms with Crippen molar-refractivity contribution in [2.75, 3.05) is 0 Å². The Morgan fingerprint density at radius 2 is 1.17 bits per heavy atom. The van der Waals surface area contributed by atoms with Gasteiger partial charge in [-0.05, 0) is 80.2 Å². The highest BCUT2D eigenvalue weighted by Gasteiger charge is 1.94.